The highest BCUT2D eigenvalue weighted by Crippen LogP contribution is 2.34. The first kappa shape index (κ1) is 15.3. The van der Waals surface area contributed by atoms with Crippen molar-refractivity contribution < 1.29 is 22.7 Å². The first-order valence-electron chi connectivity index (χ1n) is 6.59. The van der Waals surface area contributed by atoms with Crippen LogP contribution in [0, 0.1) is 11.7 Å². The van der Waals surface area contributed by atoms with Crippen LogP contribution in [0.5, 0.6) is 0 Å². The van der Waals surface area contributed by atoms with Crippen LogP contribution in [0.2, 0.25) is 0 Å². The molecular formula is C14H17F4NO. The van der Waals surface area contributed by atoms with E-state index in [2.05, 4.69) is 0 Å². The highest BCUT2D eigenvalue weighted by atomic mass is 19.4. The molecule has 20 heavy (non-hydrogen) atoms. The van der Waals surface area contributed by atoms with Crippen molar-refractivity contribution in [2.45, 2.75) is 25.1 Å². The van der Waals surface area contributed by atoms with Crippen molar-refractivity contribution in [2.24, 2.45) is 5.92 Å². The van der Waals surface area contributed by atoms with E-state index in [1.807, 2.05) is 0 Å². The van der Waals surface area contributed by atoms with Crippen molar-refractivity contribution >= 4 is 0 Å². The minimum absolute atomic E-state index is 0.0352. The zero-order valence-electron chi connectivity index (χ0n) is 10.9. The van der Waals surface area contributed by atoms with Crippen LogP contribution in [0.15, 0.2) is 24.3 Å². The average molecular weight is 291 g/mol. The van der Waals surface area contributed by atoms with E-state index < -0.39 is 24.0 Å². The zero-order chi connectivity index (χ0) is 14.8. The molecule has 0 bridgehead atoms. The second kappa shape index (κ2) is 6.10. The lowest BCUT2D eigenvalue weighted by molar-refractivity contribution is -0.185. The number of alkyl halides is 3. The maximum Gasteiger partial charge on any atom is 0.391 e. The van der Waals surface area contributed by atoms with Gasteiger partial charge in [0.05, 0.1) is 12.0 Å². The Kier molecular flexibility index (Phi) is 4.65. The van der Waals surface area contributed by atoms with Crippen LogP contribution in [0.1, 0.15) is 24.5 Å². The van der Waals surface area contributed by atoms with Crippen molar-refractivity contribution in [3.05, 3.63) is 35.6 Å². The number of aliphatic hydroxyl groups excluding tert-OH is 1. The van der Waals surface area contributed by atoms with Crippen LogP contribution in [-0.2, 0) is 0 Å². The maximum absolute atomic E-state index is 13.5. The first-order valence-corrected chi connectivity index (χ1v) is 6.59. The summed E-state index contributed by atoms with van der Waals surface area (Å²) in [5.74, 6) is -1.76. The number of hydrogen-bond donors (Lipinski definition) is 1. The van der Waals surface area contributed by atoms with Crippen LogP contribution in [0.4, 0.5) is 17.6 Å². The molecule has 0 amide bonds. The minimum atomic E-state index is -4.14. The van der Waals surface area contributed by atoms with E-state index in [1.165, 1.54) is 18.2 Å². The highest BCUT2D eigenvalue weighted by molar-refractivity contribution is 5.20. The first-order chi connectivity index (χ1) is 9.38. The minimum Gasteiger partial charge on any atom is -0.387 e. The topological polar surface area (TPSA) is 23.5 Å². The summed E-state index contributed by atoms with van der Waals surface area (Å²) in [6, 6.07) is 5.90. The Bertz CT molecular complexity index is 441. The largest absolute Gasteiger partial charge is 0.391 e. The summed E-state index contributed by atoms with van der Waals surface area (Å²) >= 11 is 0. The number of rotatable bonds is 3. The normalized spacial score (nSPS) is 20.1. The van der Waals surface area contributed by atoms with Gasteiger partial charge in [-0.3, -0.25) is 0 Å². The number of halogens is 4. The molecule has 1 heterocycles. The molecule has 1 aliphatic rings. The van der Waals surface area contributed by atoms with Gasteiger partial charge in [-0.1, -0.05) is 18.2 Å². The summed E-state index contributed by atoms with van der Waals surface area (Å²) in [5, 5.41) is 9.98. The predicted molar refractivity (Wildman–Crippen MR) is 66.6 cm³/mol. The Labute approximate surface area is 115 Å². The zero-order valence-corrected chi connectivity index (χ0v) is 10.9. The number of hydrogen-bond acceptors (Lipinski definition) is 2. The molecule has 1 aromatic carbocycles. The maximum atomic E-state index is 13.5. The van der Waals surface area contributed by atoms with Gasteiger partial charge in [0.1, 0.15) is 5.82 Å². The van der Waals surface area contributed by atoms with Crippen LogP contribution in [0.25, 0.3) is 0 Å². The lowest BCUT2D eigenvalue weighted by Gasteiger charge is -2.34. The average Bonchev–Trinajstić information content (AvgIpc) is 2.38. The summed E-state index contributed by atoms with van der Waals surface area (Å²) in [7, 11) is 0. The Hall–Kier alpha value is -1.14. The molecule has 1 atom stereocenters. The second-order valence-electron chi connectivity index (χ2n) is 5.15. The lowest BCUT2D eigenvalue weighted by atomic mass is 9.96. The summed E-state index contributed by atoms with van der Waals surface area (Å²) < 4.78 is 51.1. The molecule has 1 N–H and O–H groups in total. The van der Waals surface area contributed by atoms with Gasteiger partial charge in [-0.2, -0.15) is 13.2 Å². The van der Waals surface area contributed by atoms with Crippen molar-refractivity contribution in [1.82, 2.24) is 4.90 Å². The Balaban J connectivity index is 1.88. The third-order valence-electron chi connectivity index (χ3n) is 3.75. The molecule has 0 aromatic heterocycles. The number of nitrogens with zero attached hydrogens (tertiary/aromatic N) is 1. The highest BCUT2D eigenvalue weighted by Gasteiger charge is 2.41. The van der Waals surface area contributed by atoms with Crippen LogP contribution in [-0.4, -0.2) is 35.8 Å². The van der Waals surface area contributed by atoms with Crippen molar-refractivity contribution in [3.63, 3.8) is 0 Å². The summed E-state index contributed by atoms with van der Waals surface area (Å²) in [6.07, 6.45) is -5.09. The smallest absolute Gasteiger partial charge is 0.387 e. The van der Waals surface area contributed by atoms with E-state index >= 15 is 0 Å². The summed E-state index contributed by atoms with van der Waals surface area (Å²) in [4.78, 5) is 1.75. The van der Waals surface area contributed by atoms with Gasteiger partial charge in [-0.25, -0.2) is 4.39 Å². The van der Waals surface area contributed by atoms with Crippen LogP contribution < -0.4 is 0 Å². The Morgan fingerprint density at radius 3 is 2.35 bits per heavy atom. The quantitative estimate of drug-likeness (QED) is 0.865. The molecule has 1 unspecified atom stereocenters. The summed E-state index contributed by atoms with van der Waals surface area (Å²) in [5.41, 5.74) is 0.186. The molecule has 1 saturated heterocycles. The third kappa shape index (κ3) is 3.70. The van der Waals surface area contributed by atoms with Gasteiger partial charge in [0, 0.05) is 12.1 Å². The van der Waals surface area contributed by atoms with Gasteiger partial charge >= 0.3 is 6.18 Å². The third-order valence-corrected chi connectivity index (χ3v) is 3.75. The van der Waals surface area contributed by atoms with E-state index in [9.17, 15) is 22.7 Å². The van der Waals surface area contributed by atoms with Gasteiger partial charge in [0.15, 0.2) is 0 Å². The molecule has 0 spiro atoms. The van der Waals surface area contributed by atoms with Gasteiger partial charge in [-0.15, -0.1) is 0 Å². The monoisotopic (exact) mass is 291 g/mol. The molecule has 2 nitrogen and oxygen atoms in total. The van der Waals surface area contributed by atoms with Gasteiger partial charge < -0.3 is 10.0 Å². The van der Waals surface area contributed by atoms with Gasteiger partial charge in [-0.05, 0) is 32.0 Å². The SMILES string of the molecule is OC(CN1CCC(C(F)(F)F)CC1)c1ccccc1F. The number of β-amino-alcohol motifs (C(OH)–C–C–N with tert-alkyl or cyclic N) is 1. The van der Waals surface area contributed by atoms with Crippen molar-refractivity contribution in [3.8, 4) is 0 Å². The van der Waals surface area contributed by atoms with Gasteiger partial charge in [0.2, 0.25) is 0 Å². The molecule has 1 aromatic rings. The predicted octanol–water partition coefficient (Wildman–Crippen LogP) is 3.13. The van der Waals surface area contributed by atoms with Crippen LogP contribution in [0.3, 0.4) is 0 Å². The Morgan fingerprint density at radius 2 is 1.80 bits per heavy atom. The van der Waals surface area contributed by atoms with Crippen molar-refractivity contribution in [1.29, 1.82) is 0 Å². The molecule has 0 aliphatic carbocycles. The number of likely N-dealkylation sites (tertiary alicyclic amines) is 1. The molecule has 0 saturated carbocycles. The van der Waals surface area contributed by atoms with Crippen LogP contribution >= 0.6 is 0 Å². The van der Waals surface area contributed by atoms with E-state index in [-0.39, 0.29) is 38.0 Å². The number of piperidine rings is 1. The van der Waals surface area contributed by atoms with E-state index in [1.54, 1.807) is 11.0 Å². The number of benzene rings is 1. The molecule has 1 fully saturated rings. The molecule has 6 heteroatoms. The summed E-state index contributed by atoms with van der Waals surface area (Å²) in [6.45, 7) is 0.705. The molecule has 2 rings (SSSR count). The molecule has 112 valence electrons. The lowest BCUT2D eigenvalue weighted by Crippen LogP contribution is -2.40. The Morgan fingerprint density at radius 1 is 1.20 bits per heavy atom. The molecule has 1 aliphatic heterocycles. The standard InChI is InChI=1S/C14H17F4NO/c15-12-4-2-1-3-11(12)13(20)9-19-7-5-10(6-8-19)14(16,17)18/h1-4,10,13,20H,5-9H2. The molecular weight excluding hydrogens is 274 g/mol. The van der Waals surface area contributed by atoms with E-state index in [4.69, 9.17) is 0 Å². The van der Waals surface area contributed by atoms with Crippen molar-refractivity contribution in [2.75, 3.05) is 19.6 Å². The fourth-order valence-corrected chi connectivity index (χ4v) is 2.53. The second-order valence-corrected chi connectivity index (χ2v) is 5.15. The fourth-order valence-electron chi connectivity index (χ4n) is 2.53. The van der Waals surface area contributed by atoms with E-state index in [0.717, 1.165) is 0 Å². The van der Waals surface area contributed by atoms with Gasteiger partial charge in [0.25, 0.3) is 0 Å². The fraction of sp³-hybridized carbons (Fsp3) is 0.571. The van der Waals surface area contributed by atoms with E-state index in [0.29, 0.717) is 0 Å². The number of aliphatic hydroxyl groups is 1. The molecule has 0 radical (unpaired) electrons.